The van der Waals surface area contributed by atoms with E-state index in [1.807, 2.05) is 34.6 Å². The van der Waals surface area contributed by atoms with Crippen molar-refractivity contribution >= 4 is 11.8 Å². The lowest BCUT2D eigenvalue weighted by atomic mass is 9.74. The number of aliphatic hydroxyl groups excluding tert-OH is 1. The van der Waals surface area contributed by atoms with Gasteiger partial charge in [-0.2, -0.15) is 0 Å². The maximum absolute atomic E-state index is 13.9. The third kappa shape index (κ3) is 6.57. The first kappa shape index (κ1) is 34.5. The Morgan fingerprint density at radius 2 is 1.76 bits per heavy atom. The Bertz CT molecular complexity index is 1120. The minimum absolute atomic E-state index is 0.0243. The molecule has 1 aromatic rings. The van der Waals surface area contributed by atoms with Crippen LogP contribution in [0.2, 0.25) is 0 Å². The van der Waals surface area contributed by atoms with Crippen LogP contribution in [0.3, 0.4) is 0 Å². The number of hydrogen-bond donors (Lipinski definition) is 4. The molecule has 9 atom stereocenters. The molecule has 1 aromatic carbocycles. The molecule has 8 nitrogen and oxygen atoms in total. The van der Waals surface area contributed by atoms with E-state index in [2.05, 4.69) is 6.92 Å². The van der Waals surface area contributed by atoms with Gasteiger partial charge in [-0.1, -0.05) is 46.8 Å². The number of carboxylic acids is 1. The van der Waals surface area contributed by atoms with E-state index in [1.54, 1.807) is 26.0 Å². The average molecular weight is 591 g/mol. The molecule has 42 heavy (non-hydrogen) atoms. The Morgan fingerprint density at radius 3 is 2.31 bits per heavy atom. The van der Waals surface area contributed by atoms with Crippen LogP contribution in [-0.4, -0.2) is 67.3 Å². The molecule has 2 fully saturated rings. The standard InChI is InChI=1S/C34H54O8/c1-9-25(32(8)18-19-34(11-3,42-32)26-16-17-33(40,10-2)23(7)41-26)30(37)22(6)28(35)20(4)12-14-24-15-13-21(5)29(36)27(24)31(38)39/h13,15,20,22-23,25-26,28,35-36,40H,9-12,14,16-19H2,1-8H3,(H,38,39)/t20-,22+,23+,25+,26-,28+,32+,33-,34+/m1/s1. The minimum Gasteiger partial charge on any atom is -0.507 e. The van der Waals surface area contributed by atoms with E-state index in [9.17, 15) is 30.0 Å². The molecule has 8 heteroatoms. The van der Waals surface area contributed by atoms with Gasteiger partial charge >= 0.3 is 5.97 Å². The van der Waals surface area contributed by atoms with Crippen LogP contribution in [-0.2, 0) is 20.7 Å². The normalized spacial score (nSPS) is 32.7. The summed E-state index contributed by atoms with van der Waals surface area (Å²) in [5.74, 6) is -2.74. The van der Waals surface area contributed by atoms with E-state index in [1.165, 1.54) is 0 Å². The number of aryl methyl sites for hydroxylation is 2. The zero-order valence-corrected chi connectivity index (χ0v) is 26.9. The number of aromatic hydroxyl groups is 1. The fraction of sp³-hybridized carbons (Fsp3) is 0.765. The van der Waals surface area contributed by atoms with E-state index < -0.39 is 40.7 Å². The van der Waals surface area contributed by atoms with Crippen molar-refractivity contribution < 1.29 is 39.5 Å². The molecule has 2 saturated heterocycles. The maximum Gasteiger partial charge on any atom is 0.339 e. The average Bonchev–Trinajstić information content (AvgIpc) is 3.32. The van der Waals surface area contributed by atoms with Gasteiger partial charge in [0.25, 0.3) is 0 Å². The fourth-order valence-corrected chi connectivity index (χ4v) is 7.50. The molecule has 0 radical (unpaired) electrons. The quantitative estimate of drug-likeness (QED) is 0.220. The third-order valence-corrected chi connectivity index (χ3v) is 10.8. The van der Waals surface area contributed by atoms with Crippen LogP contribution in [0.5, 0.6) is 5.75 Å². The van der Waals surface area contributed by atoms with Gasteiger partial charge in [-0.3, -0.25) is 4.79 Å². The van der Waals surface area contributed by atoms with E-state index in [0.717, 1.165) is 12.8 Å². The first-order valence-corrected chi connectivity index (χ1v) is 15.9. The van der Waals surface area contributed by atoms with Crippen LogP contribution in [0.15, 0.2) is 12.1 Å². The zero-order chi connectivity index (χ0) is 31.6. The second-order valence-corrected chi connectivity index (χ2v) is 13.3. The summed E-state index contributed by atoms with van der Waals surface area (Å²) >= 11 is 0. The Morgan fingerprint density at radius 1 is 1.10 bits per heavy atom. The van der Waals surface area contributed by atoms with Gasteiger partial charge in [0.15, 0.2) is 0 Å². The monoisotopic (exact) mass is 590 g/mol. The van der Waals surface area contributed by atoms with Crippen molar-refractivity contribution in [3.05, 3.63) is 28.8 Å². The van der Waals surface area contributed by atoms with Gasteiger partial charge in [0.05, 0.1) is 35.1 Å². The van der Waals surface area contributed by atoms with Gasteiger partial charge in [0, 0.05) is 11.8 Å². The van der Waals surface area contributed by atoms with Crippen molar-refractivity contribution in [2.75, 3.05) is 0 Å². The second kappa shape index (κ2) is 13.3. The topological polar surface area (TPSA) is 134 Å². The number of Topliss-reactive ketones (excluding diaryl/α,β-unsaturated/α-hetero) is 1. The van der Waals surface area contributed by atoms with Crippen molar-refractivity contribution in [2.45, 2.75) is 148 Å². The van der Waals surface area contributed by atoms with Crippen molar-refractivity contribution in [3.8, 4) is 5.75 Å². The number of benzene rings is 1. The number of carboxylic acid groups (broad SMARTS) is 1. The van der Waals surface area contributed by atoms with Crippen LogP contribution in [0.25, 0.3) is 0 Å². The van der Waals surface area contributed by atoms with Crippen LogP contribution in [0, 0.1) is 24.7 Å². The molecule has 0 aromatic heterocycles. The smallest absolute Gasteiger partial charge is 0.339 e. The molecule has 238 valence electrons. The van der Waals surface area contributed by atoms with Crippen LogP contribution in [0.4, 0.5) is 0 Å². The van der Waals surface area contributed by atoms with Crippen LogP contribution < -0.4 is 0 Å². The van der Waals surface area contributed by atoms with Gasteiger partial charge in [-0.15, -0.1) is 0 Å². The van der Waals surface area contributed by atoms with Crippen LogP contribution in [0.1, 0.15) is 121 Å². The summed E-state index contributed by atoms with van der Waals surface area (Å²) in [5.41, 5.74) is -1.15. The summed E-state index contributed by atoms with van der Waals surface area (Å²) in [6.07, 6.45) is 4.29. The summed E-state index contributed by atoms with van der Waals surface area (Å²) in [7, 11) is 0. The summed E-state index contributed by atoms with van der Waals surface area (Å²) in [6.45, 7) is 15.3. The van der Waals surface area contributed by atoms with E-state index >= 15 is 0 Å². The maximum atomic E-state index is 13.9. The van der Waals surface area contributed by atoms with Crippen molar-refractivity contribution in [1.29, 1.82) is 0 Å². The van der Waals surface area contributed by atoms with E-state index in [4.69, 9.17) is 9.47 Å². The Labute approximate surface area is 251 Å². The summed E-state index contributed by atoms with van der Waals surface area (Å²) < 4.78 is 13.3. The molecule has 0 bridgehead atoms. The largest absolute Gasteiger partial charge is 0.507 e. The highest BCUT2D eigenvalue weighted by atomic mass is 16.6. The molecule has 2 aliphatic heterocycles. The van der Waals surface area contributed by atoms with Gasteiger partial charge in [0.2, 0.25) is 0 Å². The fourth-order valence-electron chi connectivity index (χ4n) is 7.50. The van der Waals surface area contributed by atoms with Gasteiger partial charge in [0.1, 0.15) is 17.1 Å². The Hall–Kier alpha value is -2.00. The number of aliphatic hydroxyl groups is 2. The number of ether oxygens (including phenoxy) is 2. The predicted molar refractivity (Wildman–Crippen MR) is 162 cm³/mol. The van der Waals surface area contributed by atoms with Gasteiger partial charge < -0.3 is 29.9 Å². The second-order valence-electron chi connectivity index (χ2n) is 13.3. The summed E-state index contributed by atoms with van der Waals surface area (Å²) in [6, 6.07) is 3.40. The highest BCUT2D eigenvalue weighted by Gasteiger charge is 2.57. The number of rotatable bonds is 13. The van der Waals surface area contributed by atoms with Gasteiger partial charge in [-0.05, 0) is 95.6 Å². The number of carbonyl (C=O) groups excluding carboxylic acids is 1. The highest BCUT2D eigenvalue weighted by molar-refractivity contribution is 5.93. The van der Waals surface area contributed by atoms with Gasteiger partial charge in [-0.25, -0.2) is 4.79 Å². The number of ketones is 1. The van der Waals surface area contributed by atoms with Crippen molar-refractivity contribution in [1.82, 2.24) is 0 Å². The number of aromatic carboxylic acids is 1. The highest BCUT2D eigenvalue weighted by Crippen LogP contribution is 2.51. The Kier molecular flexibility index (Phi) is 10.9. The summed E-state index contributed by atoms with van der Waals surface area (Å²) in [5, 5.41) is 42.1. The third-order valence-electron chi connectivity index (χ3n) is 10.8. The SMILES string of the molecule is CC[C@@H](C(=O)[C@@H](C)[C@@H](O)[C@H](C)CCc1ccc(C)c(O)c1C(=O)O)[C@]1(C)CC[C@@](CC)([C@H]2CC[C@](O)(CC)[C@H](C)O2)O1. The van der Waals surface area contributed by atoms with Crippen LogP contribution >= 0.6 is 0 Å². The first-order chi connectivity index (χ1) is 19.6. The summed E-state index contributed by atoms with van der Waals surface area (Å²) in [4.78, 5) is 25.7. The molecule has 2 heterocycles. The lowest BCUT2D eigenvalue weighted by molar-refractivity contribution is -0.241. The molecule has 2 aliphatic rings. The molecule has 3 rings (SSSR count). The lowest BCUT2D eigenvalue weighted by Crippen LogP contribution is -2.56. The Balaban J connectivity index is 1.70. The number of carbonyl (C=O) groups is 2. The van der Waals surface area contributed by atoms with E-state index in [-0.39, 0.29) is 35.2 Å². The van der Waals surface area contributed by atoms with Crippen molar-refractivity contribution in [2.24, 2.45) is 17.8 Å². The lowest BCUT2D eigenvalue weighted by Gasteiger charge is -2.48. The van der Waals surface area contributed by atoms with E-state index in [0.29, 0.717) is 56.1 Å². The molecule has 4 N–H and O–H groups in total. The molecule has 0 saturated carbocycles. The molecule has 0 aliphatic carbocycles. The first-order valence-electron chi connectivity index (χ1n) is 15.9. The number of hydrogen-bond acceptors (Lipinski definition) is 7. The van der Waals surface area contributed by atoms with Crippen molar-refractivity contribution in [3.63, 3.8) is 0 Å². The number of phenols is 1. The zero-order valence-electron chi connectivity index (χ0n) is 26.9. The predicted octanol–water partition coefficient (Wildman–Crippen LogP) is 5.99. The molecular formula is C34H54O8. The molecule has 0 unspecified atom stereocenters. The molecule has 0 amide bonds. The molecular weight excluding hydrogens is 536 g/mol. The minimum atomic E-state index is -1.18. The molecule has 0 spiro atoms.